The van der Waals surface area contributed by atoms with Crippen molar-refractivity contribution in [3.8, 4) is 11.3 Å². The van der Waals surface area contributed by atoms with Crippen LogP contribution in [0.5, 0.6) is 0 Å². The maximum absolute atomic E-state index is 9.66. The molecule has 112 valence electrons. The van der Waals surface area contributed by atoms with Crippen LogP contribution in [0.3, 0.4) is 0 Å². The van der Waals surface area contributed by atoms with E-state index in [-0.39, 0.29) is 6.61 Å². The first-order valence-corrected chi connectivity index (χ1v) is 8.57. The number of thiazole rings is 1. The Balaban J connectivity index is 1.94. The molecular formula is C17H22N2OS. The minimum Gasteiger partial charge on any atom is -0.391 e. The highest BCUT2D eigenvalue weighted by Gasteiger charge is 2.25. The second kappa shape index (κ2) is 6.58. The third-order valence-electron chi connectivity index (χ3n) is 4.23. The molecule has 1 aromatic heterocycles. The summed E-state index contributed by atoms with van der Waals surface area (Å²) in [6, 6.07) is 10.8. The topological polar surface area (TPSA) is 36.4 Å². The summed E-state index contributed by atoms with van der Waals surface area (Å²) in [5.74, 6) is 0. The molecule has 1 aromatic carbocycles. The molecule has 1 aliphatic carbocycles. The maximum atomic E-state index is 9.66. The number of hydrogen-bond acceptors (Lipinski definition) is 4. The summed E-state index contributed by atoms with van der Waals surface area (Å²) in [6.45, 7) is 3.24. The Morgan fingerprint density at radius 2 is 1.95 bits per heavy atom. The van der Waals surface area contributed by atoms with Crippen LogP contribution in [0.4, 0.5) is 5.13 Å². The van der Waals surface area contributed by atoms with Gasteiger partial charge in [-0.2, -0.15) is 0 Å². The smallest absolute Gasteiger partial charge is 0.186 e. The van der Waals surface area contributed by atoms with E-state index in [0.717, 1.165) is 27.8 Å². The molecule has 4 heteroatoms. The summed E-state index contributed by atoms with van der Waals surface area (Å²) in [7, 11) is 0. The lowest BCUT2D eigenvalue weighted by atomic mass is 10.1. The van der Waals surface area contributed by atoms with Crippen LogP contribution < -0.4 is 4.90 Å². The average Bonchev–Trinajstić information content (AvgIpc) is 3.19. The number of aliphatic hydroxyl groups excluding tert-OH is 1. The Morgan fingerprint density at radius 3 is 2.57 bits per heavy atom. The normalized spacial score (nSPS) is 15.5. The number of rotatable bonds is 5. The van der Waals surface area contributed by atoms with Gasteiger partial charge in [-0.25, -0.2) is 4.98 Å². The molecule has 1 heterocycles. The van der Waals surface area contributed by atoms with Crippen LogP contribution in [0.15, 0.2) is 30.3 Å². The standard InChI is InChI=1S/C17H22N2OS/c1-2-19(14-10-6-7-11-14)17-18-16(15(12-20)21-17)13-8-4-3-5-9-13/h3-5,8-9,14,20H,2,6-7,10-12H2,1H3. The molecule has 0 amide bonds. The lowest BCUT2D eigenvalue weighted by Gasteiger charge is -2.26. The van der Waals surface area contributed by atoms with Crippen molar-refractivity contribution in [1.82, 2.24) is 4.98 Å². The van der Waals surface area contributed by atoms with Crippen molar-refractivity contribution in [1.29, 1.82) is 0 Å². The molecule has 2 aromatic rings. The van der Waals surface area contributed by atoms with Gasteiger partial charge in [-0.05, 0) is 19.8 Å². The minimum atomic E-state index is 0.0596. The van der Waals surface area contributed by atoms with Crippen molar-refractivity contribution >= 4 is 16.5 Å². The molecule has 3 nitrogen and oxygen atoms in total. The fourth-order valence-corrected chi connectivity index (χ4v) is 4.23. The van der Waals surface area contributed by atoms with Crippen molar-refractivity contribution in [3.63, 3.8) is 0 Å². The van der Waals surface area contributed by atoms with Crippen LogP contribution in [0.25, 0.3) is 11.3 Å². The molecular weight excluding hydrogens is 280 g/mol. The summed E-state index contributed by atoms with van der Waals surface area (Å²) < 4.78 is 0. The molecule has 21 heavy (non-hydrogen) atoms. The molecule has 1 saturated carbocycles. The first-order valence-electron chi connectivity index (χ1n) is 7.76. The summed E-state index contributed by atoms with van der Waals surface area (Å²) >= 11 is 1.64. The van der Waals surface area contributed by atoms with Gasteiger partial charge in [0.15, 0.2) is 5.13 Å². The minimum absolute atomic E-state index is 0.0596. The van der Waals surface area contributed by atoms with Gasteiger partial charge in [0.05, 0.1) is 17.2 Å². The number of aliphatic hydroxyl groups is 1. The summed E-state index contributed by atoms with van der Waals surface area (Å²) in [4.78, 5) is 8.24. The van der Waals surface area contributed by atoms with E-state index in [1.54, 1.807) is 11.3 Å². The van der Waals surface area contributed by atoms with Gasteiger partial charge in [0.2, 0.25) is 0 Å². The molecule has 0 unspecified atom stereocenters. The summed E-state index contributed by atoms with van der Waals surface area (Å²) in [5.41, 5.74) is 2.03. The lowest BCUT2D eigenvalue weighted by molar-refractivity contribution is 0.286. The van der Waals surface area contributed by atoms with Gasteiger partial charge < -0.3 is 10.0 Å². The zero-order valence-corrected chi connectivity index (χ0v) is 13.3. The van der Waals surface area contributed by atoms with Gasteiger partial charge in [-0.15, -0.1) is 0 Å². The van der Waals surface area contributed by atoms with Crippen molar-refractivity contribution in [2.24, 2.45) is 0 Å². The number of nitrogens with zero attached hydrogens (tertiary/aromatic N) is 2. The third-order valence-corrected chi connectivity index (χ3v) is 5.31. The van der Waals surface area contributed by atoms with Gasteiger partial charge in [-0.1, -0.05) is 54.5 Å². The average molecular weight is 302 g/mol. The van der Waals surface area contributed by atoms with Crippen molar-refractivity contribution in [3.05, 3.63) is 35.2 Å². The molecule has 1 N–H and O–H groups in total. The van der Waals surface area contributed by atoms with E-state index in [4.69, 9.17) is 4.98 Å². The fourth-order valence-electron chi connectivity index (χ4n) is 3.16. The Kier molecular flexibility index (Phi) is 4.56. The predicted molar refractivity (Wildman–Crippen MR) is 88.7 cm³/mol. The molecule has 1 fully saturated rings. The number of hydrogen-bond donors (Lipinski definition) is 1. The first kappa shape index (κ1) is 14.5. The van der Waals surface area contributed by atoms with Gasteiger partial charge in [-0.3, -0.25) is 0 Å². The van der Waals surface area contributed by atoms with E-state index in [0.29, 0.717) is 6.04 Å². The van der Waals surface area contributed by atoms with E-state index in [9.17, 15) is 5.11 Å². The molecule has 3 rings (SSSR count). The SMILES string of the molecule is CCN(c1nc(-c2ccccc2)c(CO)s1)C1CCCC1. The molecule has 0 radical (unpaired) electrons. The Labute approximate surface area is 130 Å². The van der Waals surface area contributed by atoms with Gasteiger partial charge in [0.1, 0.15) is 0 Å². The summed E-state index contributed by atoms with van der Waals surface area (Å²) in [6.07, 6.45) is 5.18. The van der Waals surface area contributed by atoms with E-state index < -0.39 is 0 Å². The molecule has 0 atom stereocenters. The number of benzene rings is 1. The third kappa shape index (κ3) is 2.97. The predicted octanol–water partition coefficient (Wildman–Crippen LogP) is 4.07. The quantitative estimate of drug-likeness (QED) is 0.904. The van der Waals surface area contributed by atoms with Crippen LogP contribution in [-0.4, -0.2) is 22.7 Å². The monoisotopic (exact) mass is 302 g/mol. The second-order valence-electron chi connectivity index (χ2n) is 5.52. The highest BCUT2D eigenvalue weighted by molar-refractivity contribution is 7.16. The Bertz CT molecular complexity index is 576. The molecule has 1 aliphatic rings. The van der Waals surface area contributed by atoms with Gasteiger partial charge in [0, 0.05) is 18.2 Å². The van der Waals surface area contributed by atoms with Crippen molar-refractivity contribution in [2.45, 2.75) is 45.3 Å². The van der Waals surface area contributed by atoms with Crippen LogP contribution in [0.2, 0.25) is 0 Å². The Hall–Kier alpha value is -1.39. The van der Waals surface area contributed by atoms with E-state index >= 15 is 0 Å². The Morgan fingerprint density at radius 1 is 1.24 bits per heavy atom. The highest BCUT2D eigenvalue weighted by Crippen LogP contribution is 2.36. The summed E-state index contributed by atoms with van der Waals surface area (Å²) in [5, 5.41) is 10.7. The van der Waals surface area contributed by atoms with Crippen molar-refractivity contribution < 1.29 is 5.11 Å². The zero-order chi connectivity index (χ0) is 14.7. The molecule has 0 aliphatic heterocycles. The molecule has 0 spiro atoms. The molecule has 0 bridgehead atoms. The lowest BCUT2D eigenvalue weighted by Crippen LogP contribution is -2.32. The molecule has 0 saturated heterocycles. The van der Waals surface area contributed by atoms with Crippen LogP contribution >= 0.6 is 11.3 Å². The second-order valence-corrected chi connectivity index (χ2v) is 6.58. The van der Waals surface area contributed by atoms with Gasteiger partial charge in [0.25, 0.3) is 0 Å². The first-order chi connectivity index (χ1) is 10.3. The highest BCUT2D eigenvalue weighted by atomic mass is 32.1. The van der Waals surface area contributed by atoms with Crippen molar-refractivity contribution in [2.75, 3.05) is 11.4 Å². The van der Waals surface area contributed by atoms with Crippen LogP contribution in [0, 0.1) is 0 Å². The number of aromatic nitrogens is 1. The van der Waals surface area contributed by atoms with Crippen LogP contribution in [0.1, 0.15) is 37.5 Å². The van der Waals surface area contributed by atoms with Crippen LogP contribution in [-0.2, 0) is 6.61 Å². The fraction of sp³-hybridized carbons (Fsp3) is 0.471. The van der Waals surface area contributed by atoms with E-state index in [2.05, 4.69) is 24.0 Å². The van der Waals surface area contributed by atoms with E-state index in [1.807, 2.05) is 18.2 Å². The number of anilines is 1. The van der Waals surface area contributed by atoms with E-state index in [1.165, 1.54) is 25.7 Å². The maximum Gasteiger partial charge on any atom is 0.186 e. The van der Waals surface area contributed by atoms with Gasteiger partial charge >= 0.3 is 0 Å². The zero-order valence-electron chi connectivity index (χ0n) is 12.5. The largest absolute Gasteiger partial charge is 0.391 e.